The van der Waals surface area contributed by atoms with E-state index in [0.717, 1.165) is 4.47 Å². The van der Waals surface area contributed by atoms with Crippen LogP contribution in [0.15, 0.2) is 46.9 Å². The van der Waals surface area contributed by atoms with Gasteiger partial charge in [-0.3, -0.25) is 0 Å². The van der Waals surface area contributed by atoms with E-state index < -0.39 is 6.16 Å². The van der Waals surface area contributed by atoms with Gasteiger partial charge in [0.1, 0.15) is 11.6 Å². The largest absolute Gasteiger partial charge is 0.511 e. The third kappa shape index (κ3) is 3.03. The molecule has 0 bridgehead atoms. The highest BCUT2D eigenvalue weighted by molar-refractivity contribution is 9.10. The summed E-state index contributed by atoms with van der Waals surface area (Å²) in [6, 6.07) is 11.3. The van der Waals surface area contributed by atoms with Gasteiger partial charge in [-0.05, 0) is 37.3 Å². The molecule has 4 nitrogen and oxygen atoms in total. The molecule has 0 spiro atoms. The number of nitrogens with zero attached hydrogens (tertiary/aromatic N) is 1. The number of carboxylic acid groups (broad SMARTS) is 1. The van der Waals surface area contributed by atoms with Gasteiger partial charge < -0.3 is 9.84 Å². The van der Waals surface area contributed by atoms with Crippen LogP contribution in [0.4, 0.5) is 9.18 Å². The maximum absolute atomic E-state index is 13.5. The van der Waals surface area contributed by atoms with Crippen molar-refractivity contribution in [3.05, 3.63) is 58.3 Å². The molecule has 0 aliphatic rings. The zero-order chi connectivity index (χ0) is 16.6. The highest BCUT2D eigenvalue weighted by Crippen LogP contribution is 2.36. The maximum Gasteiger partial charge on any atom is 0.511 e. The lowest BCUT2D eigenvalue weighted by molar-refractivity contribution is 0.144. The van der Waals surface area contributed by atoms with Gasteiger partial charge in [-0.25, -0.2) is 14.2 Å². The Hall–Kier alpha value is -2.47. The van der Waals surface area contributed by atoms with Crippen molar-refractivity contribution < 1.29 is 19.0 Å². The number of halogens is 2. The zero-order valence-electron chi connectivity index (χ0n) is 12.0. The van der Waals surface area contributed by atoms with Gasteiger partial charge in [-0.15, -0.1) is 0 Å². The molecule has 1 N–H and O–H groups in total. The monoisotopic (exact) mass is 375 g/mol. The van der Waals surface area contributed by atoms with Gasteiger partial charge >= 0.3 is 6.16 Å². The molecule has 2 aromatic carbocycles. The van der Waals surface area contributed by atoms with Gasteiger partial charge in [-0.1, -0.05) is 28.1 Å². The molecule has 0 saturated heterocycles. The van der Waals surface area contributed by atoms with E-state index in [1.54, 1.807) is 37.3 Å². The van der Waals surface area contributed by atoms with Gasteiger partial charge in [0, 0.05) is 21.0 Å². The first-order valence-electron chi connectivity index (χ1n) is 6.72. The zero-order valence-corrected chi connectivity index (χ0v) is 13.6. The van der Waals surface area contributed by atoms with Crippen LogP contribution in [0.1, 0.15) is 5.56 Å². The third-order valence-corrected chi connectivity index (χ3v) is 3.91. The minimum Gasteiger partial charge on any atom is -0.449 e. The lowest BCUT2D eigenvalue weighted by Crippen LogP contribution is -2.06. The van der Waals surface area contributed by atoms with Gasteiger partial charge in [0.05, 0.1) is 11.2 Å². The Morgan fingerprint density at radius 3 is 2.74 bits per heavy atom. The third-order valence-electron chi connectivity index (χ3n) is 3.42. The number of benzene rings is 2. The Kier molecular flexibility index (Phi) is 4.00. The van der Waals surface area contributed by atoms with Crippen LogP contribution in [0.25, 0.3) is 22.2 Å². The molecule has 0 aliphatic heterocycles. The van der Waals surface area contributed by atoms with Crippen LogP contribution in [0.3, 0.4) is 0 Å². The summed E-state index contributed by atoms with van der Waals surface area (Å²) in [7, 11) is 0. The van der Waals surface area contributed by atoms with Gasteiger partial charge in [0.2, 0.25) is 0 Å². The van der Waals surface area contributed by atoms with Crippen molar-refractivity contribution in [3.63, 3.8) is 0 Å². The van der Waals surface area contributed by atoms with Gasteiger partial charge in [0.15, 0.2) is 0 Å². The highest BCUT2D eigenvalue weighted by atomic mass is 79.9. The highest BCUT2D eigenvalue weighted by Gasteiger charge is 2.17. The molecule has 116 valence electrons. The van der Waals surface area contributed by atoms with Crippen LogP contribution in [-0.2, 0) is 0 Å². The van der Waals surface area contributed by atoms with E-state index in [9.17, 15) is 9.18 Å². The summed E-state index contributed by atoms with van der Waals surface area (Å²) in [5, 5.41) is 9.58. The Labute approximate surface area is 139 Å². The molecule has 23 heavy (non-hydrogen) atoms. The van der Waals surface area contributed by atoms with E-state index in [1.165, 1.54) is 12.1 Å². The molecule has 0 atom stereocenters. The van der Waals surface area contributed by atoms with Crippen molar-refractivity contribution in [2.45, 2.75) is 6.92 Å². The summed E-state index contributed by atoms with van der Waals surface area (Å²) in [6.45, 7) is 1.70. The van der Waals surface area contributed by atoms with E-state index in [1.807, 2.05) is 0 Å². The number of rotatable bonds is 2. The molecular weight excluding hydrogens is 365 g/mol. The second-order valence-corrected chi connectivity index (χ2v) is 5.87. The predicted molar refractivity (Wildman–Crippen MR) is 88.2 cm³/mol. The number of ether oxygens (including phenoxy) is 1. The molecular formula is C17H11BrFNO3. The van der Waals surface area contributed by atoms with Crippen LogP contribution in [0.2, 0.25) is 0 Å². The standard InChI is InChI=1S/C17H11BrFNO3/c1-9-15(10-3-2-4-12(19)7-10)20-14-6-5-11(18)8-13(14)16(9)23-17(21)22/h2-8H,1H3,(H,21,22). The lowest BCUT2D eigenvalue weighted by atomic mass is 10.0. The Bertz CT molecular complexity index is 927. The first-order chi connectivity index (χ1) is 11.0. The van der Waals surface area contributed by atoms with Gasteiger partial charge in [-0.2, -0.15) is 0 Å². The molecule has 0 unspecified atom stereocenters. The minimum atomic E-state index is -1.41. The van der Waals surface area contributed by atoms with Crippen molar-refractivity contribution in [1.29, 1.82) is 0 Å². The molecule has 0 aliphatic carbocycles. The summed E-state index contributed by atoms with van der Waals surface area (Å²) in [5.74, 6) is -0.191. The van der Waals surface area contributed by atoms with E-state index in [4.69, 9.17) is 9.84 Å². The van der Waals surface area contributed by atoms with Crippen molar-refractivity contribution in [3.8, 4) is 17.0 Å². The Morgan fingerprint density at radius 1 is 1.26 bits per heavy atom. The van der Waals surface area contributed by atoms with Crippen molar-refractivity contribution in [2.75, 3.05) is 0 Å². The van der Waals surface area contributed by atoms with E-state index in [0.29, 0.717) is 27.7 Å². The average Bonchev–Trinajstić information content (AvgIpc) is 2.50. The molecule has 0 radical (unpaired) electrons. The molecule has 3 rings (SSSR count). The molecule has 0 amide bonds. The summed E-state index contributed by atoms with van der Waals surface area (Å²) in [5.41, 5.74) is 2.14. The van der Waals surface area contributed by atoms with Crippen LogP contribution < -0.4 is 4.74 Å². The maximum atomic E-state index is 13.5. The number of aromatic nitrogens is 1. The fourth-order valence-corrected chi connectivity index (χ4v) is 2.80. The molecule has 1 aromatic heterocycles. The van der Waals surface area contributed by atoms with E-state index in [-0.39, 0.29) is 11.6 Å². The summed E-state index contributed by atoms with van der Waals surface area (Å²) in [4.78, 5) is 15.6. The van der Waals surface area contributed by atoms with Crippen molar-refractivity contribution in [1.82, 2.24) is 4.98 Å². The van der Waals surface area contributed by atoms with E-state index >= 15 is 0 Å². The van der Waals surface area contributed by atoms with Crippen molar-refractivity contribution >= 4 is 33.0 Å². The molecule has 6 heteroatoms. The molecule has 1 heterocycles. The second kappa shape index (κ2) is 5.96. The quantitative estimate of drug-likeness (QED) is 0.627. The molecule has 0 fully saturated rings. The number of carbonyl (C=O) groups is 1. The summed E-state index contributed by atoms with van der Waals surface area (Å²) < 4.78 is 19.2. The van der Waals surface area contributed by atoms with Crippen LogP contribution in [-0.4, -0.2) is 16.2 Å². The second-order valence-electron chi connectivity index (χ2n) is 4.95. The Balaban J connectivity index is 2.33. The molecule has 3 aromatic rings. The molecule has 0 saturated carbocycles. The fourth-order valence-electron chi connectivity index (χ4n) is 2.44. The summed E-state index contributed by atoms with van der Waals surface area (Å²) >= 11 is 3.35. The first-order valence-corrected chi connectivity index (χ1v) is 7.51. The van der Waals surface area contributed by atoms with E-state index in [2.05, 4.69) is 20.9 Å². The van der Waals surface area contributed by atoms with Crippen molar-refractivity contribution in [2.24, 2.45) is 0 Å². The Morgan fingerprint density at radius 2 is 2.04 bits per heavy atom. The van der Waals surface area contributed by atoms with Crippen LogP contribution >= 0.6 is 15.9 Å². The van der Waals surface area contributed by atoms with Crippen LogP contribution in [0.5, 0.6) is 5.75 Å². The topological polar surface area (TPSA) is 59.4 Å². The van der Waals surface area contributed by atoms with Gasteiger partial charge in [0.25, 0.3) is 0 Å². The number of fused-ring (bicyclic) bond motifs is 1. The predicted octanol–water partition coefficient (Wildman–Crippen LogP) is 5.17. The number of pyridine rings is 1. The van der Waals surface area contributed by atoms with Crippen LogP contribution in [0, 0.1) is 12.7 Å². The smallest absolute Gasteiger partial charge is 0.449 e. The normalized spacial score (nSPS) is 10.7. The first kappa shape index (κ1) is 15.4. The SMILES string of the molecule is Cc1c(-c2cccc(F)c2)nc2ccc(Br)cc2c1OC(=O)O. The fraction of sp³-hybridized carbons (Fsp3) is 0.0588. The average molecular weight is 376 g/mol. The summed E-state index contributed by atoms with van der Waals surface area (Å²) in [6.07, 6.45) is -1.41. The minimum absolute atomic E-state index is 0.197. The number of hydrogen-bond acceptors (Lipinski definition) is 3. The number of hydrogen-bond donors (Lipinski definition) is 1. The lowest BCUT2D eigenvalue weighted by Gasteiger charge is -2.13.